The second-order valence-corrected chi connectivity index (χ2v) is 3.93. The molecule has 1 N–H and O–H groups in total. The number of rotatable bonds is 8. The van der Waals surface area contributed by atoms with Crippen LogP contribution in [0.2, 0.25) is 0 Å². The maximum atomic E-state index is 5.53. The molecule has 0 radical (unpaired) electrons. The summed E-state index contributed by atoms with van der Waals surface area (Å²) in [5, 5.41) is 3.39. The largest absolute Gasteiger partial charge is 0.493 e. The van der Waals surface area contributed by atoms with E-state index in [1.807, 2.05) is 25.1 Å². The van der Waals surface area contributed by atoms with E-state index in [2.05, 4.69) is 12.2 Å². The molecule has 0 saturated heterocycles. The van der Waals surface area contributed by atoms with Crippen LogP contribution >= 0.6 is 0 Å². The van der Waals surface area contributed by atoms with E-state index in [1.54, 1.807) is 7.11 Å². The fourth-order valence-corrected chi connectivity index (χ4v) is 1.66. The Hall–Kier alpha value is -1.38. The molecule has 0 spiro atoms. The van der Waals surface area contributed by atoms with Crippen molar-refractivity contribution in [3.05, 3.63) is 18.2 Å². The van der Waals surface area contributed by atoms with Gasteiger partial charge in [-0.25, -0.2) is 0 Å². The summed E-state index contributed by atoms with van der Waals surface area (Å²) in [6.45, 7) is 5.84. The van der Waals surface area contributed by atoms with Crippen molar-refractivity contribution in [2.45, 2.75) is 33.1 Å². The van der Waals surface area contributed by atoms with Gasteiger partial charge in [0.1, 0.15) is 0 Å². The molecule has 1 aromatic rings. The molecule has 0 amide bonds. The van der Waals surface area contributed by atoms with Crippen molar-refractivity contribution in [1.29, 1.82) is 0 Å². The summed E-state index contributed by atoms with van der Waals surface area (Å²) in [5.41, 5.74) is 1.09. The van der Waals surface area contributed by atoms with Crippen LogP contribution < -0.4 is 14.8 Å². The molecule has 0 aromatic heterocycles. The number of hydrogen-bond donors (Lipinski definition) is 1. The minimum absolute atomic E-state index is 0.648. The summed E-state index contributed by atoms with van der Waals surface area (Å²) in [6, 6.07) is 5.95. The van der Waals surface area contributed by atoms with Crippen molar-refractivity contribution in [2.75, 3.05) is 25.6 Å². The molecule has 0 fully saturated rings. The monoisotopic (exact) mass is 237 g/mol. The quantitative estimate of drug-likeness (QED) is 0.699. The molecule has 0 aliphatic rings. The summed E-state index contributed by atoms with van der Waals surface area (Å²) in [6.07, 6.45) is 3.71. The summed E-state index contributed by atoms with van der Waals surface area (Å²) < 4.78 is 10.8. The summed E-state index contributed by atoms with van der Waals surface area (Å²) >= 11 is 0. The zero-order chi connectivity index (χ0) is 12.5. The van der Waals surface area contributed by atoms with Crippen molar-refractivity contribution < 1.29 is 9.47 Å². The second-order valence-electron chi connectivity index (χ2n) is 3.93. The van der Waals surface area contributed by atoms with Gasteiger partial charge in [0.05, 0.1) is 13.7 Å². The molecule has 0 bridgehead atoms. The van der Waals surface area contributed by atoms with Crippen molar-refractivity contribution >= 4 is 5.69 Å². The Morgan fingerprint density at radius 1 is 1.12 bits per heavy atom. The van der Waals surface area contributed by atoms with Crippen LogP contribution in [0.25, 0.3) is 0 Å². The lowest BCUT2D eigenvalue weighted by Gasteiger charge is -2.12. The minimum Gasteiger partial charge on any atom is -0.493 e. The molecule has 0 unspecified atom stereocenters. The summed E-state index contributed by atoms with van der Waals surface area (Å²) in [5.74, 6) is 1.58. The summed E-state index contributed by atoms with van der Waals surface area (Å²) in [4.78, 5) is 0. The molecule has 3 nitrogen and oxygen atoms in total. The van der Waals surface area contributed by atoms with E-state index in [0.29, 0.717) is 6.61 Å². The van der Waals surface area contributed by atoms with E-state index >= 15 is 0 Å². The average Bonchev–Trinajstić information content (AvgIpc) is 2.35. The molecule has 1 rings (SSSR count). The molecule has 0 heterocycles. The second kappa shape index (κ2) is 7.82. The lowest BCUT2D eigenvalue weighted by Crippen LogP contribution is -2.02. The van der Waals surface area contributed by atoms with Gasteiger partial charge in [-0.15, -0.1) is 0 Å². The van der Waals surface area contributed by atoms with Gasteiger partial charge in [-0.2, -0.15) is 0 Å². The van der Waals surface area contributed by atoms with Gasteiger partial charge in [0.2, 0.25) is 0 Å². The van der Waals surface area contributed by atoms with E-state index in [4.69, 9.17) is 9.47 Å². The van der Waals surface area contributed by atoms with Crippen molar-refractivity contribution in [1.82, 2.24) is 0 Å². The first-order chi connectivity index (χ1) is 8.31. The zero-order valence-corrected chi connectivity index (χ0v) is 11.1. The number of benzene rings is 1. The number of ether oxygens (including phenoxy) is 2. The molecule has 0 aliphatic heterocycles. The Kier molecular flexibility index (Phi) is 6.30. The predicted octanol–water partition coefficient (Wildman–Crippen LogP) is 3.70. The first-order valence-electron chi connectivity index (χ1n) is 6.36. The van der Waals surface area contributed by atoms with E-state index < -0.39 is 0 Å². The minimum atomic E-state index is 0.648. The van der Waals surface area contributed by atoms with Crippen molar-refractivity contribution in [3.63, 3.8) is 0 Å². The molecule has 17 heavy (non-hydrogen) atoms. The van der Waals surface area contributed by atoms with Crippen molar-refractivity contribution in [2.24, 2.45) is 0 Å². The molecule has 96 valence electrons. The van der Waals surface area contributed by atoms with Crippen LogP contribution in [0.4, 0.5) is 5.69 Å². The third-order valence-corrected chi connectivity index (χ3v) is 2.57. The standard InChI is InChI=1S/C14H23NO2/c1-4-6-7-10-15-12-8-9-13(16-3)14(11-12)17-5-2/h8-9,11,15H,4-7,10H2,1-3H3. The number of nitrogens with one attached hydrogen (secondary N) is 1. The third kappa shape index (κ3) is 4.55. The van der Waals surface area contributed by atoms with Crippen LogP contribution in [-0.2, 0) is 0 Å². The predicted molar refractivity (Wildman–Crippen MR) is 72.2 cm³/mol. The molecule has 3 heteroatoms. The number of hydrogen-bond acceptors (Lipinski definition) is 3. The van der Waals surface area contributed by atoms with Crippen LogP contribution in [-0.4, -0.2) is 20.3 Å². The van der Waals surface area contributed by atoms with Crippen molar-refractivity contribution in [3.8, 4) is 11.5 Å². The highest BCUT2D eigenvalue weighted by molar-refractivity contribution is 5.54. The van der Waals surface area contributed by atoms with Crippen LogP contribution in [0.1, 0.15) is 33.1 Å². The fourth-order valence-electron chi connectivity index (χ4n) is 1.66. The molecule has 1 aromatic carbocycles. The highest BCUT2D eigenvalue weighted by Crippen LogP contribution is 2.30. The van der Waals surface area contributed by atoms with Crippen LogP contribution in [0.5, 0.6) is 11.5 Å². The topological polar surface area (TPSA) is 30.5 Å². The smallest absolute Gasteiger partial charge is 0.163 e. The first kappa shape index (κ1) is 13.7. The normalized spacial score (nSPS) is 10.1. The SMILES string of the molecule is CCCCCNc1ccc(OC)c(OCC)c1. The fraction of sp³-hybridized carbons (Fsp3) is 0.571. The highest BCUT2D eigenvalue weighted by atomic mass is 16.5. The van der Waals surface area contributed by atoms with E-state index in [1.165, 1.54) is 19.3 Å². The van der Waals surface area contributed by atoms with Crippen LogP contribution in [0.15, 0.2) is 18.2 Å². The van der Waals surface area contributed by atoms with Gasteiger partial charge in [0.15, 0.2) is 11.5 Å². The van der Waals surface area contributed by atoms with E-state index in [9.17, 15) is 0 Å². The van der Waals surface area contributed by atoms with E-state index in [-0.39, 0.29) is 0 Å². The van der Waals surface area contributed by atoms with Gasteiger partial charge in [-0.05, 0) is 25.5 Å². The Bertz CT molecular complexity index is 326. The van der Waals surface area contributed by atoms with Crippen LogP contribution in [0, 0.1) is 0 Å². The van der Waals surface area contributed by atoms with Gasteiger partial charge in [0, 0.05) is 18.3 Å². The lowest BCUT2D eigenvalue weighted by molar-refractivity contribution is 0.311. The Morgan fingerprint density at radius 3 is 2.59 bits per heavy atom. The van der Waals surface area contributed by atoms with Crippen LogP contribution in [0.3, 0.4) is 0 Å². The third-order valence-electron chi connectivity index (χ3n) is 2.57. The van der Waals surface area contributed by atoms with Gasteiger partial charge in [-0.1, -0.05) is 19.8 Å². The van der Waals surface area contributed by atoms with Gasteiger partial charge in [-0.3, -0.25) is 0 Å². The lowest BCUT2D eigenvalue weighted by atomic mass is 10.2. The average molecular weight is 237 g/mol. The molecule has 0 aliphatic carbocycles. The number of methoxy groups -OCH3 is 1. The van der Waals surface area contributed by atoms with Gasteiger partial charge in [0.25, 0.3) is 0 Å². The van der Waals surface area contributed by atoms with Gasteiger partial charge >= 0.3 is 0 Å². The Labute approximate surface area is 104 Å². The maximum absolute atomic E-state index is 5.53. The Morgan fingerprint density at radius 2 is 1.94 bits per heavy atom. The summed E-state index contributed by atoms with van der Waals surface area (Å²) in [7, 11) is 1.66. The number of anilines is 1. The first-order valence-corrected chi connectivity index (χ1v) is 6.36. The maximum Gasteiger partial charge on any atom is 0.163 e. The Balaban J connectivity index is 2.57. The molecular formula is C14H23NO2. The van der Waals surface area contributed by atoms with E-state index in [0.717, 1.165) is 23.7 Å². The molecule has 0 atom stereocenters. The van der Waals surface area contributed by atoms with Gasteiger partial charge < -0.3 is 14.8 Å². The zero-order valence-electron chi connectivity index (χ0n) is 11.1. The molecular weight excluding hydrogens is 214 g/mol. The molecule has 0 saturated carbocycles. The number of unbranched alkanes of at least 4 members (excludes halogenated alkanes) is 2. The highest BCUT2D eigenvalue weighted by Gasteiger charge is 2.04.